The van der Waals surface area contributed by atoms with Crippen LogP contribution in [0.1, 0.15) is 12.6 Å². The minimum absolute atomic E-state index is 0.276. The van der Waals surface area contributed by atoms with Gasteiger partial charge in [0.1, 0.15) is 11.4 Å². The Kier molecular flexibility index (Phi) is 5.70. The van der Waals surface area contributed by atoms with Crippen LogP contribution in [0.25, 0.3) is 26.7 Å². The second-order valence-corrected chi connectivity index (χ2v) is 10.4. The van der Waals surface area contributed by atoms with E-state index in [0.29, 0.717) is 22.1 Å². The molecule has 0 spiro atoms. The number of halogens is 1. The summed E-state index contributed by atoms with van der Waals surface area (Å²) in [5.41, 5.74) is 3.19. The molecule has 6 nitrogen and oxygen atoms in total. The number of sulfone groups is 1. The second-order valence-electron chi connectivity index (χ2n) is 6.93. The summed E-state index contributed by atoms with van der Waals surface area (Å²) in [4.78, 5) is 2.10. The molecule has 0 aliphatic carbocycles. The summed E-state index contributed by atoms with van der Waals surface area (Å²) in [6.07, 6.45) is 1.20. The van der Waals surface area contributed by atoms with E-state index in [-0.39, 0.29) is 4.90 Å². The van der Waals surface area contributed by atoms with Gasteiger partial charge in [-0.05, 0) is 55.0 Å². The lowest BCUT2D eigenvalue weighted by Crippen LogP contribution is -2.02. The number of benzene rings is 2. The maximum Gasteiger partial charge on any atom is 0.175 e. The SMILES string of the molecule is C/C(=N\O)c1cc(-c2ccc(-c3cccc(S(C)(=O)=O)c3)s2)n(-c2ccccc2Cl)n1. The van der Waals surface area contributed by atoms with E-state index in [1.165, 1.54) is 17.6 Å². The molecule has 2 aromatic carbocycles. The standard InChI is InChI=1S/C22H18ClN3O3S2/c1-14(25-27)18-13-20(26(24-18)19-9-4-3-8-17(19)23)22-11-10-21(30-22)15-6-5-7-16(12-15)31(2,28)29/h3-13,27H,1-2H3/b25-14+. The molecule has 0 amide bonds. The zero-order chi connectivity index (χ0) is 22.2. The Morgan fingerprint density at radius 1 is 1.06 bits per heavy atom. The van der Waals surface area contributed by atoms with E-state index in [4.69, 9.17) is 11.6 Å². The molecule has 2 aromatic heterocycles. The van der Waals surface area contributed by atoms with E-state index in [9.17, 15) is 13.6 Å². The molecular formula is C22H18ClN3O3S2. The molecule has 0 aliphatic heterocycles. The summed E-state index contributed by atoms with van der Waals surface area (Å²) in [7, 11) is -3.30. The minimum Gasteiger partial charge on any atom is -0.411 e. The molecule has 9 heteroatoms. The smallest absolute Gasteiger partial charge is 0.175 e. The third-order valence-corrected chi connectivity index (χ3v) is 7.30. The first kappa shape index (κ1) is 21.3. The summed E-state index contributed by atoms with van der Waals surface area (Å²) in [5.74, 6) is 0. The Balaban J connectivity index is 1.84. The lowest BCUT2D eigenvalue weighted by Gasteiger charge is -2.08. The summed E-state index contributed by atoms with van der Waals surface area (Å²) < 4.78 is 25.6. The van der Waals surface area contributed by atoms with Crippen LogP contribution in [0.2, 0.25) is 5.02 Å². The Hall–Kier alpha value is -2.94. The van der Waals surface area contributed by atoms with Gasteiger partial charge in [0.25, 0.3) is 0 Å². The fourth-order valence-corrected chi connectivity index (χ4v) is 4.99. The number of hydrogen-bond donors (Lipinski definition) is 1. The van der Waals surface area contributed by atoms with E-state index in [0.717, 1.165) is 21.0 Å². The number of oxime groups is 1. The molecule has 0 saturated carbocycles. The van der Waals surface area contributed by atoms with Gasteiger partial charge in [-0.3, -0.25) is 0 Å². The molecule has 0 radical (unpaired) electrons. The predicted octanol–water partition coefficient (Wildman–Crippen LogP) is 5.52. The number of hydrogen-bond acceptors (Lipinski definition) is 6. The molecular weight excluding hydrogens is 454 g/mol. The van der Waals surface area contributed by atoms with E-state index in [1.54, 1.807) is 35.9 Å². The van der Waals surface area contributed by atoms with Gasteiger partial charge in [0, 0.05) is 11.1 Å². The average molecular weight is 472 g/mol. The minimum atomic E-state index is -3.30. The normalized spacial score (nSPS) is 12.3. The van der Waals surface area contributed by atoms with Crippen LogP contribution in [0, 0.1) is 0 Å². The van der Waals surface area contributed by atoms with E-state index in [1.807, 2.05) is 42.5 Å². The van der Waals surface area contributed by atoms with Gasteiger partial charge in [0.05, 0.1) is 26.2 Å². The summed E-state index contributed by atoms with van der Waals surface area (Å²) in [6, 6.07) is 20.0. The van der Waals surface area contributed by atoms with Crippen molar-refractivity contribution >= 4 is 38.5 Å². The van der Waals surface area contributed by atoms with Crippen molar-refractivity contribution in [3.63, 3.8) is 0 Å². The van der Waals surface area contributed by atoms with Crippen LogP contribution in [0.3, 0.4) is 0 Å². The second kappa shape index (κ2) is 8.30. The van der Waals surface area contributed by atoms with Gasteiger partial charge in [-0.25, -0.2) is 13.1 Å². The van der Waals surface area contributed by atoms with Gasteiger partial charge < -0.3 is 5.21 Å². The van der Waals surface area contributed by atoms with Gasteiger partial charge in [-0.1, -0.05) is 41.0 Å². The average Bonchev–Trinajstić information content (AvgIpc) is 3.40. The topological polar surface area (TPSA) is 84.5 Å². The van der Waals surface area contributed by atoms with Crippen LogP contribution < -0.4 is 0 Å². The Bertz CT molecular complexity index is 1400. The van der Waals surface area contributed by atoms with Crippen molar-refractivity contribution in [1.29, 1.82) is 0 Å². The van der Waals surface area contributed by atoms with Crippen molar-refractivity contribution in [3.05, 3.63) is 77.4 Å². The fourth-order valence-electron chi connectivity index (χ4n) is 3.10. The highest BCUT2D eigenvalue weighted by atomic mass is 35.5. The Morgan fingerprint density at radius 3 is 2.52 bits per heavy atom. The number of aromatic nitrogens is 2. The number of nitrogens with zero attached hydrogens (tertiary/aromatic N) is 3. The van der Waals surface area contributed by atoms with Gasteiger partial charge in [0.15, 0.2) is 9.84 Å². The van der Waals surface area contributed by atoms with E-state index in [2.05, 4.69) is 10.3 Å². The molecule has 0 fully saturated rings. The molecule has 0 unspecified atom stereocenters. The highest BCUT2D eigenvalue weighted by Gasteiger charge is 2.18. The zero-order valence-corrected chi connectivity index (χ0v) is 19.0. The molecule has 0 aliphatic rings. The third kappa shape index (κ3) is 4.27. The van der Waals surface area contributed by atoms with E-state index < -0.39 is 9.84 Å². The molecule has 2 heterocycles. The van der Waals surface area contributed by atoms with Crippen molar-refractivity contribution in [2.45, 2.75) is 11.8 Å². The van der Waals surface area contributed by atoms with Crippen LogP contribution >= 0.6 is 22.9 Å². The van der Waals surface area contributed by atoms with Crippen LogP contribution in [0.15, 0.2) is 76.8 Å². The molecule has 0 bridgehead atoms. The highest BCUT2D eigenvalue weighted by Crippen LogP contribution is 2.37. The lowest BCUT2D eigenvalue weighted by atomic mass is 10.2. The van der Waals surface area contributed by atoms with Gasteiger partial charge in [-0.15, -0.1) is 11.3 Å². The molecule has 158 valence electrons. The zero-order valence-electron chi connectivity index (χ0n) is 16.7. The Morgan fingerprint density at radius 2 is 1.81 bits per heavy atom. The summed E-state index contributed by atoms with van der Waals surface area (Å²) >= 11 is 7.91. The van der Waals surface area contributed by atoms with E-state index >= 15 is 0 Å². The molecule has 0 saturated heterocycles. The van der Waals surface area contributed by atoms with Crippen molar-refractivity contribution in [3.8, 4) is 26.7 Å². The maximum absolute atomic E-state index is 11.9. The molecule has 31 heavy (non-hydrogen) atoms. The van der Waals surface area contributed by atoms with Crippen molar-refractivity contribution in [1.82, 2.24) is 9.78 Å². The molecule has 0 atom stereocenters. The predicted molar refractivity (Wildman–Crippen MR) is 124 cm³/mol. The molecule has 1 N–H and O–H groups in total. The Labute approximate surface area is 189 Å². The first-order chi connectivity index (χ1) is 14.8. The van der Waals surface area contributed by atoms with Crippen LogP contribution in [-0.2, 0) is 9.84 Å². The number of rotatable bonds is 5. The summed E-state index contributed by atoms with van der Waals surface area (Å²) in [6.45, 7) is 1.67. The highest BCUT2D eigenvalue weighted by molar-refractivity contribution is 7.90. The monoisotopic (exact) mass is 471 g/mol. The van der Waals surface area contributed by atoms with Gasteiger partial charge >= 0.3 is 0 Å². The first-order valence-electron chi connectivity index (χ1n) is 9.22. The first-order valence-corrected chi connectivity index (χ1v) is 12.3. The number of thiophene rings is 1. The number of para-hydroxylation sites is 1. The maximum atomic E-state index is 11.9. The third-order valence-electron chi connectivity index (χ3n) is 4.72. The van der Waals surface area contributed by atoms with Gasteiger partial charge in [0.2, 0.25) is 0 Å². The van der Waals surface area contributed by atoms with Gasteiger partial charge in [-0.2, -0.15) is 5.10 Å². The van der Waals surface area contributed by atoms with Crippen molar-refractivity contribution in [2.75, 3.05) is 6.26 Å². The fraction of sp³-hybridized carbons (Fsp3) is 0.0909. The molecule has 4 aromatic rings. The molecule has 4 rings (SSSR count). The lowest BCUT2D eigenvalue weighted by molar-refractivity contribution is 0.319. The van der Waals surface area contributed by atoms with Crippen LogP contribution in [-0.4, -0.2) is 35.4 Å². The van der Waals surface area contributed by atoms with Crippen LogP contribution in [0.4, 0.5) is 0 Å². The van der Waals surface area contributed by atoms with Crippen LogP contribution in [0.5, 0.6) is 0 Å². The van der Waals surface area contributed by atoms with Crippen molar-refractivity contribution < 1.29 is 13.6 Å². The van der Waals surface area contributed by atoms with Crippen molar-refractivity contribution in [2.24, 2.45) is 5.16 Å². The quantitative estimate of drug-likeness (QED) is 0.236. The largest absolute Gasteiger partial charge is 0.411 e. The summed E-state index contributed by atoms with van der Waals surface area (Å²) in [5, 5.41) is 17.6.